The van der Waals surface area contributed by atoms with Crippen LogP contribution in [0.4, 0.5) is 4.39 Å². The van der Waals surface area contributed by atoms with Crippen molar-refractivity contribution in [1.29, 1.82) is 0 Å². The number of carbonyl (C=O) groups excluding carboxylic acids is 2. The maximum absolute atomic E-state index is 13.9. The number of ketones is 1. The predicted molar refractivity (Wildman–Crippen MR) is 99.1 cm³/mol. The van der Waals surface area contributed by atoms with Crippen LogP contribution >= 0.6 is 11.6 Å². The first-order chi connectivity index (χ1) is 12.6. The number of hydrogen-bond donors (Lipinski definition) is 0. The van der Waals surface area contributed by atoms with E-state index in [-0.39, 0.29) is 22.3 Å². The van der Waals surface area contributed by atoms with Gasteiger partial charge in [-0.3, -0.25) is 14.5 Å². The SMILES string of the molecule is O=C(CCN1CCN(C(=O)c2c(F)cccc2Cl)CC1)c1ccccc1. The van der Waals surface area contributed by atoms with E-state index in [1.54, 1.807) is 4.90 Å². The van der Waals surface area contributed by atoms with Gasteiger partial charge in [-0.25, -0.2) is 4.39 Å². The van der Waals surface area contributed by atoms with Crippen molar-refractivity contribution >= 4 is 23.3 Å². The minimum absolute atomic E-state index is 0.0677. The number of amides is 1. The fourth-order valence-electron chi connectivity index (χ4n) is 3.06. The van der Waals surface area contributed by atoms with E-state index in [1.165, 1.54) is 18.2 Å². The second-order valence-electron chi connectivity index (χ2n) is 6.27. The molecule has 1 aliphatic heterocycles. The second-order valence-corrected chi connectivity index (χ2v) is 6.68. The lowest BCUT2D eigenvalue weighted by Crippen LogP contribution is -2.49. The Bertz CT molecular complexity index is 769. The maximum atomic E-state index is 13.9. The molecule has 26 heavy (non-hydrogen) atoms. The van der Waals surface area contributed by atoms with Gasteiger partial charge in [0.2, 0.25) is 0 Å². The number of nitrogens with zero attached hydrogens (tertiary/aromatic N) is 2. The van der Waals surface area contributed by atoms with E-state index in [1.807, 2.05) is 30.3 Å². The van der Waals surface area contributed by atoms with Gasteiger partial charge in [-0.15, -0.1) is 0 Å². The van der Waals surface area contributed by atoms with Crippen LogP contribution in [0.2, 0.25) is 5.02 Å². The van der Waals surface area contributed by atoms with Gasteiger partial charge in [-0.05, 0) is 12.1 Å². The number of piperazine rings is 1. The van der Waals surface area contributed by atoms with Crippen LogP contribution in [0.15, 0.2) is 48.5 Å². The van der Waals surface area contributed by atoms with Crippen LogP contribution in [-0.2, 0) is 0 Å². The zero-order valence-corrected chi connectivity index (χ0v) is 15.1. The van der Waals surface area contributed by atoms with E-state index in [0.29, 0.717) is 39.1 Å². The molecule has 136 valence electrons. The van der Waals surface area contributed by atoms with Crippen molar-refractivity contribution in [2.45, 2.75) is 6.42 Å². The zero-order chi connectivity index (χ0) is 18.5. The van der Waals surface area contributed by atoms with Crippen LogP contribution in [0.1, 0.15) is 27.1 Å². The number of benzene rings is 2. The van der Waals surface area contributed by atoms with Crippen molar-refractivity contribution in [3.63, 3.8) is 0 Å². The number of rotatable bonds is 5. The van der Waals surface area contributed by atoms with Crippen molar-refractivity contribution in [3.8, 4) is 0 Å². The molecule has 2 aromatic rings. The molecule has 0 radical (unpaired) electrons. The van der Waals surface area contributed by atoms with Gasteiger partial charge in [-0.1, -0.05) is 48.0 Å². The van der Waals surface area contributed by atoms with Crippen molar-refractivity contribution in [2.75, 3.05) is 32.7 Å². The van der Waals surface area contributed by atoms with E-state index in [9.17, 15) is 14.0 Å². The van der Waals surface area contributed by atoms with Gasteiger partial charge in [0, 0.05) is 44.7 Å². The minimum atomic E-state index is -0.599. The molecule has 0 spiro atoms. The van der Waals surface area contributed by atoms with E-state index >= 15 is 0 Å². The summed E-state index contributed by atoms with van der Waals surface area (Å²) in [5, 5.41) is 0.130. The molecule has 4 nitrogen and oxygen atoms in total. The fraction of sp³-hybridized carbons (Fsp3) is 0.300. The van der Waals surface area contributed by atoms with Gasteiger partial charge in [0.05, 0.1) is 10.6 Å². The summed E-state index contributed by atoms with van der Waals surface area (Å²) < 4.78 is 13.9. The highest BCUT2D eigenvalue weighted by Gasteiger charge is 2.26. The Hall–Kier alpha value is -2.24. The molecule has 1 aliphatic rings. The lowest BCUT2D eigenvalue weighted by molar-refractivity contribution is 0.0624. The molecule has 1 amide bonds. The lowest BCUT2D eigenvalue weighted by atomic mass is 10.1. The first-order valence-electron chi connectivity index (χ1n) is 8.60. The summed E-state index contributed by atoms with van der Waals surface area (Å²) in [5.74, 6) is -0.867. The van der Waals surface area contributed by atoms with Crippen LogP contribution < -0.4 is 0 Å². The Morgan fingerprint density at radius 3 is 2.31 bits per heavy atom. The van der Waals surface area contributed by atoms with Crippen LogP contribution in [-0.4, -0.2) is 54.2 Å². The molecule has 1 saturated heterocycles. The Kier molecular flexibility index (Phi) is 6.01. The summed E-state index contributed by atoms with van der Waals surface area (Å²) in [4.78, 5) is 28.5. The zero-order valence-electron chi connectivity index (χ0n) is 14.3. The Labute approximate surface area is 157 Å². The highest BCUT2D eigenvalue weighted by atomic mass is 35.5. The maximum Gasteiger partial charge on any atom is 0.258 e. The number of hydrogen-bond acceptors (Lipinski definition) is 3. The summed E-state index contributed by atoms with van der Waals surface area (Å²) in [6.07, 6.45) is 0.442. The molecule has 0 saturated carbocycles. The summed E-state index contributed by atoms with van der Waals surface area (Å²) in [6, 6.07) is 13.5. The highest BCUT2D eigenvalue weighted by molar-refractivity contribution is 6.33. The monoisotopic (exact) mass is 374 g/mol. The van der Waals surface area contributed by atoms with E-state index in [2.05, 4.69) is 4.90 Å². The third-order valence-corrected chi connectivity index (χ3v) is 4.90. The molecule has 0 atom stereocenters. The normalized spacial score (nSPS) is 15.1. The van der Waals surface area contributed by atoms with Gasteiger partial charge in [-0.2, -0.15) is 0 Å². The summed E-state index contributed by atoms with van der Waals surface area (Å²) >= 11 is 5.98. The lowest BCUT2D eigenvalue weighted by Gasteiger charge is -2.34. The minimum Gasteiger partial charge on any atom is -0.336 e. The van der Waals surface area contributed by atoms with Gasteiger partial charge >= 0.3 is 0 Å². The van der Waals surface area contributed by atoms with E-state index in [4.69, 9.17) is 11.6 Å². The molecule has 1 heterocycles. The van der Waals surface area contributed by atoms with Crippen LogP contribution in [0.5, 0.6) is 0 Å². The van der Waals surface area contributed by atoms with Gasteiger partial charge in [0.15, 0.2) is 5.78 Å². The quantitative estimate of drug-likeness (QED) is 0.752. The third-order valence-electron chi connectivity index (χ3n) is 4.59. The van der Waals surface area contributed by atoms with Gasteiger partial charge < -0.3 is 4.90 Å². The van der Waals surface area contributed by atoms with Crippen molar-refractivity contribution in [2.24, 2.45) is 0 Å². The number of Topliss-reactive ketones (excluding diaryl/α,β-unsaturated/α-hetero) is 1. The van der Waals surface area contributed by atoms with Crippen molar-refractivity contribution in [3.05, 3.63) is 70.5 Å². The fourth-order valence-corrected chi connectivity index (χ4v) is 3.31. The topological polar surface area (TPSA) is 40.6 Å². The first-order valence-corrected chi connectivity index (χ1v) is 8.98. The predicted octanol–water partition coefficient (Wildman–Crippen LogP) is 3.51. The highest BCUT2D eigenvalue weighted by Crippen LogP contribution is 2.21. The number of halogens is 2. The average Bonchev–Trinajstić information content (AvgIpc) is 2.67. The average molecular weight is 375 g/mol. The molecule has 6 heteroatoms. The Morgan fingerprint density at radius 1 is 0.962 bits per heavy atom. The molecule has 1 fully saturated rings. The third kappa shape index (κ3) is 4.29. The van der Waals surface area contributed by atoms with E-state index in [0.717, 1.165) is 5.56 Å². The van der Waals surface area contributed by atoms with Gasteiger partial charge in [0.25, 0.3) is 5.91 Å². The molecule has 0 aliphatic carbocycles. The largest absolute Gasteiger partial charge is 0.336 e. The molecular weight excluding hydrogens is 355 g/mol. The van der Waals surface area contributed by atoms with Crippen LogP contribution in [0, 0.1) is 5.82 Å². The molecule has 0 aromatic heterocycles. The number of carbonyl (C=O) groups is 2. The first kappa shape index (κ1) is 18.5. The van der Waals surface area contributed by atoms with Crippen molar-refractivity contribution in [1.82, 2.24) is 9.80 Å². The molecule has 0 bridgehead atoms. The van der Waals surface area contributed by atoms with Gasteiger partial charge in [0.1, 0.15) is 5.82 Å². The van der Waals surface area contributed by atoms with Crippen LogP contribution in [0.25, 0.3) is 0 Å². The molecule has 0 unspecified atom stereocenters. The summed E-state index contributed by atoms with van der Waals surface area (Å²) in [5.41, 5.74) is 0.650. The van der Waals surface area contributed by atoms with Crippen molar-refractivity contribution < 1.29 is 14.0 Å². The Morgan fingerprint density at radius 2 is 1.65 bits per heavy atom. The van der Waals surface area contributed by atoms with E-state index < -0.39 is 5.82 Å². The molecule has 2 aromatic carbocycles. The Balaban J connectivity index is 1.51. The standard InChI is InChI=1S/C20H20ClFN2O2/c21-16-7-4-8-17(22)19(16)20(26)24-13-11-23(12-14-24)10-9-18(25)15-5-2-1-3-6-15/h1-8H,9-14H2. The molecule has 3 rings (SSSR count). The summed E-state index contributed by atoms with van der Waals surface area (Å²) in [7, 11) is 0. The molecular formula is C20H20ClFN2O2. The van der Waals surface area contributed by atoms with Crippen LogP contribution in [0.3, 0.4) is 0 Å². The summed E-state index contributed by atoms with van der Waals surface area (Å²) in [6.45, 7) is 2.93. The second kappa shape index (κ2) is 8.43. The molecule has 0 N–H and O–H groups in total. The smallest absolute Gasteiger partial charge is 0.258 e.